The Morgan fingerprint density at radius 2 is 0.840 bits per heavy atom. The van der Waals surface area contributed by atoms with Gasteiger partial charge < -0.3 is 4.74 Å². The van der Waals surface area contributed by atoms with Crippen molar-refractivity contribution in [2.45, 2.75) is 134 Å². The average molecular weight is 355 g/mol. The van der Waals surface area contributed by atoms with Crippen LogP contribution in [0.1, 0.15) is 122 Å². The van der Waals surface area contributed by atoms with E-state index < -0.39 is 0 Å². The van der Waals surface area contributed by atoms with Gasteiger partial charge >= 0.3 is 0 Å². The second-order valence-electron chi connectivity index (χ2n) is 12.1. The first kappa shape index (κ1) is 25.0. The summed E-state index contributed by atoms with van der Waals surface area (Å²) in [5.74, 6) is 0. The summed E-state index contributed by atoms with van der Waals surface area (Å²) in [7, 11) is 0. The lowest BCUT2D eigenvalue weighted by Crippen LogP contribution is -2.44. The molecule has 0 aliphatic heterocycles. The van der Waals surface area contributed by atoms with E-state index in [1.54, 1.807) is 0 Å². The Balaban J connectivity index is 5.63. The predicted molar refractivity (Wildman–Crippen MR) is 114 cm³/mol. The highest BCUT2D eigenvalue weighted by Gasteiger charge is 2.40. The average Bonchev–Trinajstić information content (AvgIpc) is 2.33. The van der Waals surface area contributed by atoms with Crippen molar-refractivity contribution < 1.29 is 4.74 Å². The molecular weight excluding hydrogens is 304 g/mol. The highest BCUT2D eigenvalue weighted by Crippen LogP contribution is 2.43. The molecule has 2 unspecified atom stereocenters. The van der Waals surface area contributed by atoms with Crippen molar-refractivity contribution in [2.75, 3.05) is 0 Å². The molecule has 2 atom stereocenters. The van der Waals surface area contributed by atoms with Crippen molar-refractivity contribution in [1.29, 1.82) is 0 Å². The molecule has 0 saturated carbocycles. The first-order valence-electron chi connectivity index (χ1n) is 10.7. The Morgan fingerprint density at radius 1 is 0.560 bits per heavy atom. The Labute approximate surface area is 160 Å². The van der Waals surface area contributed by atoms with Gasteiger partial charge in [0.25, 0.3) is 0 Å². The summed E-state index contributed by atoms with van der Waals surface area (Å²) in [5, 5.41) is 0. The van der Waals surface area contributed by atoms with Crippen LogP contribution in [0.25, 0.3) is 0 Å². The molecule has 0 aromatic heterocycles. The Hall–Kier alpha value is -0.0400. The van der Waals surface area contributed by atoms with Crippen LogP contribution in [0.15, 0.2) is 0 Å². The quantitative estimate of drug-likeness (QED) is 0.383. The van der Waals surface area contributed by atoms with Gasteiger partial charge in [-0.2, -0.15) is 0 Å². The van der Waals surface area contributed by atoms with Crippen LogP contribution in [0.5, 0.6) is 0 Å². The molecule has 0 saturated heterocycles. The van der Waals surface area contributed by atoms with Gasteiger partial charge in [0.15, 0.2) is 0 Å². The highest BCUT2D eigenvalue weighted by atomic mass is 16.5. The molecule has 0 rings (SSSR count). The minimum Gasteiger partial charge on any atom is -0.374 e. The summed E-state index contributed by atoms with van der Waals surface area (Å²) in [6.07, 6.45) is 7.78. The van der Waals surface area contributed by atoms with Crippen LogP contribution in [0.4, 0.5) is 0 Å². The largest absolute Gasteiger partial charge is 0.374 e. The summed E-state index contributed by atoms with van der Waals surface area (Å²) in [4.78, 5) is 0. The standard InChI is InChI=1S/C24H50O/c1-13-15-23(9,10)19(17-21(3,4)5)25-20(18-22(6,7)8)24(11,12)16-14-2/h19-20H,13-18H2,1-12H3. The van der Waals surface area contributed by atoms with Gasteiger partial charge in [0.2, 0.25) is 0 Å². The second kappa shape index (κ2) is 9.25. The number of hydrogen-bond donors (Lipinski definition) is 0. The summed E-state index contributed by atoms with van der Waals surface area (Å²) >= 11 is 0. The molecule has 0 aliphatic rings. The number of rotatable bonds is 10. The fraction of sp³-hybridized carbons (Fsp3) is 1.00. The fourth-order valence-electron chi connectivity index (χ4n) is 3.94. The second-order valence-corrected chi connectivity index (χ2v) is 12.1. The first-order chi connectivity index (χ1) is 11.0. The minimum absolute atomic E-state index is 0.223. The monoisotopic (exact) mass is 354 g/mol. The Morgan fingerprint density at radius 3 is 1.04 bits per heavy atom. The molecule has 1 heteroatoms. The summed E-state index contributed by atoms with van der Waals surface area (Å²) in [6.45, 7) is 28.3. The summed E-state index contributed by atoms with van der Waals surface area (Å²) in [6, 6.07) is 0. The third-order valence-electron chi connectivity index (χ3n) is 5.46. The van der Waals surface area contributed by atoms with Crippen LogP contribution in [-0.4, -0.2) is 12.2 Å². The van der Waals surface area contributed by atoms with Crippen molar-refractivity contribution >= 4 is 0 Å². The summed E-state index contributed by atoms with van der Waals surface area (Å²) < 4.78 is 7.04. The SMILES string of the molecule is CCCC(C)(C)C(CC(C)(C)C)OC(CC(C)(C)C)C(C)(C)CCC. The van der Waals surface area contributed by atoms with E-state index in [1.165, 1.54) is 25.7 Å². The molecule has 0 aromatic carbocycles. The molecule has 0 radical (unpaired) electrons. The van der Waals surface area contributed by atoms with Gasteiger partial charge in [0, 0.05) is 0 Å². The lowest BCUT2D eigenvalue weighted by atomic mass is 9.72. The lowest BCUT2D eigenvalue weighted by molar-refractivity contribution is -0.141. The van der Waals surface area contributed by atoms with Crippen LogP contribution < -0.4 is 0 Å². The van der Waals surface area contributed by atoms with Crippen LogP contribution in [0, 0.1) is 21.7 Å². The zero-order chi connectivity index (χ0) is 20.1. The normalized spacial score (nSPS) is 16.8. The third-order valence-corrected chi connectivity index (χ3v) is 5.46. The van der Waals surface area contributed by atoms with E-state index in [-0.39, 0.29) is 21.7 Å². The molecule has 0 N–H and O–H groups in total. The van der Waals surface area contributed by atoms with Gasteiger partial charge in [0.1, 0.15) is 0 Å². The van der Waals surface area contributed by atoms with E-state index in [2.05, 4.69) is 83.1 Å². The van der Waals surface area contributed by atoms with Gasteiger partial charge in [-0.05, 0) is 47.3 Å². The van der Waals surface area contributed by atoms with Crippen molar-refractivity contribution in [1.82, 2.24) is 0 Å². The topological polar surface area (TPSA) is 9.23 Å². The van der Waals surface area contributed by atoms with Gasteiger partial charge in [0.05, 0.1) is 12.2 Å². The van der Waals surface area contributed by atoms with Crippen LogP contribution >= 0.6 is 0 Å². The smallest absolute Gasteiger partial charge is 0.0635 e. The maximum Gasteiger partial charge on any atom is 0.0635 e. The van der Waals surface area contributed by atoms with E-state index in [0.29, 0.717) is 12.2 Å². The maximum atomic E-state index is 7.04. The van der Waals surface area contributed by atoms with E-state index >= 15 is 0 Å². The highest BCUT2D eigenvalue weighted by molar-refractivity contribution is 4.89. The van der Waals surface area contributed by atoms with Crippen molar-refractivity contribution in [3.8, 4) is 0 Å². The number of hydrogen-bond acceptors (Lipinski definition) is 1. The molecule has 0 spiro atoms. The molecule has 0 aromatic rings. The first-order valence-corrected chi connectivity index (χ1v) is 10.7. The molecule has 0 amide bonds. The van der Waals surface area contributed by atoms with Gasteiger partial charge in [-0.3, -0.25) is 0 Å². The zero-order valence-electron chi connectivity index (χ0n) is 19.8. The molecule has 0 aliphatic carbocycles. The Kier molecular flexibility index (Phi) is 9.23. The van der Waals surface area contributed by atoms with Crippen molar-refractivity contribution in [2.24, 2.45) is 21.7 Å². The van der Waals surface area contributed by atoms with E-state index in [0.717, 1.165) is 12.8 Å². The van der Waals surface area contributed by atoms with Gasteiger partial charge in [-0.1, -0.05) is 95.9 Å². The van der Waals surface area contributed by atoms with Crippen LogP contribution in [-0.2, 0) is 4.74 Å². The maximum absolute atomic E-state index is 7.04. The third kappa shape index (κ3) is 10.0. The Bertz CT molecular complexity index is 329. The minimum atomic E-state index is 0.223. The van der Waals surface area contributed by atoms with E-state index in [1.807, 2.05) is 0 Å². The fourth-order valence-corrected chi connectivity index (χ4v) is 3.94. The molecule has 0 bridgehead atoms. The molecule has 1 nitrogen and oxygen atoms in total. The number of ether oxygens (including phenoxy) is 1. The molecular formula is C24H50O. The molecule has 25 heavy (non-hydrogen) atoms. The van der Waals surface area contributed by atoms with E-state index in [9.17, 15) is 0 Å². The predicted octanol–water partition coefficient (Wildman–Crippen LogP) is 8.27. The van der Waals surface area contributed by atoms with Crippen LogP contribution in [0.3, 0.4) is 0 Å². The van der Waals surface area contributed by atoms with Gasteiger partial charge in [-0.15, -0.1) is 0 Å². The van der Waals surface area contributed by atoms with Crippen LogP contribution in [0.2, 0.25) is 0 Å². The van der Waals surface area contributed by atoms with E-state index in [4.69, 9.17) is 4.74 Å². The van der Waals surface area contributed by atoms with Gasteiger partial charge in [-0.25, -0.2) is 0 Å². The molecule has 152 valence electrons. The van der Waals surface area contributed by atoms with Crippen molar-refractivity contribution in [3.05, 3.63) is 0 Å². The zero-order valence-corrected chi connectivity index (χ0v) is 19.8. The van der Waals surface area contributed by atoms with Crippen molar-refractivity contribution in [3.63, 3.8) is 0 Å². The summed E-state index contributed by atoms with van der Waals surface area (Å²) in [5.41, 5.74) is 1.02. The lowest BCUT2D eigenvalue weighted by Gasteiger charge is -2.45. The molecule has 0 fully saturated rings. The molecule has 0 heterocycles.